The molecule has 2 aromatic heterocycles. The highest BCUT2D eigenvalue weighted by molar-refractivity contribution is 7.16. The van der Waals surface area contributed by atoms with Crippen LogP contribution in [-0.4, -0.2) is 139 Å². The molecule has 2 saturated heterocycles. The summed E-state index contributed by atoms with van der Waals surface area (Å²) in [7, 11) is 6.17. The van der Waals surface area contributed by atoms with Crippen LogP contribution in [0.25, 0.3) is 21.1 Å². The van der Waals surface area contributed by atoms with Crippen LogP contribution in [0.1, 0.15) is 85.6 Å². The maximum absolute atomic E-state index is 15.8. The van der Waals surface area contributed by atoms with Gasteiger partial charge in [-0.05, 0) is 92.4 Å². The molecular weight excluding hydrogens is 909 g/mol. The summed E-state index contributed by atoms with van der Waals surface area (Å²) in [5.74, 6) is -1.80. The Kier molecular flexibility index (Phi) is 11.1. The Bertz CT molecular complexity index is 3010. The van der Waals surface area contributed by atoms with Crippen LogP contribution in [0.5, 0.6) is 5.75 Å². The van der Waals surface area contributed by atoms with Crippen LogP contribution in [-0.2, 0) is 45.8 Å². The average Bonchev–Trinajstić information content (AvgIpc) is 4.16. The molecular formula is C54H62N6O9S. The monoisotopic (exact) mass is 970 g/mol. The molecule has 3 N–H and O–H groups in total. The molecule has 5 aliphatic heterocycles. The van der Waals surface area contributed by atoms with Crippen molar-refractivity contribution in [3.63, 3.8) is 0 Å². The van der Waals surface area contributed by atoms with Gasteiger partial charge in [0.2, 0.25) is 5.60 Å². The number of aliphatic hydroxyl groups is 1. The van der Waals surface area contributed by atoms with E-state index in [1.807, 2.05) is 61.3 Å². The summed E-state index contributed by atoms with van der Waals surface area (Å²) >= 11 is 1.50. The van der Waals surface area contributed by atoms with E-state index in [-0.39, 0.29) is 17.9 Å². The number of nitrogens with zero attached hydrogens (tertiary/aromatic N) is 4. The van der Waals surface area contributed by atoms with Crippen molar-refractivity contribution in [3.05, 3.63) is 100 Å². The predicted molar refractivity (Wildman–Crippen MR) is 265 cm³/mol. The molecule has 3 fully saturated rings. The van der Waals surface area contributed by atoms with Crippen LogP contribution < -0.4 is 15.0 Å². The molecule has 0 radical (unpaired) electrons. The maximum atomic E-state index is 15.8. The van der Waals surface area contributed by atoms with Gasteiger partial charge in [0.15, 0.2) is 6.10 Å². The summed E-state index contributed by atoms with van der Waals surface area (Å²) in [5, 5.41) is 18.0. The van der Waals surface area contributed by atoms with E-state index < -0.39 is 57.4 Å². The number of anilines is 1. The van der Waals surface area contributed by atoms with Crippen molar-refractivity contribution in [2.75, 3.05) is 66.0 Å². The number of carbonyl (C=O) groups is 4. The van der Waals surface area contributed by atoms with Crippen molar-refractivity contribution in [2.45, 2.75) is 99.5 Å². The number of esters is 3. The SMILES string of the molecule is CC[C@]1(NC(=O)c2ccc3ncsc3c2)C[C@H]2CN(CCc3c([nH]c4ccccc34)[C@@](C(=O)OC)(c3cc4c(cc3OC)N(C)[C@H]3[C@@](O)(C(=O)OC)[C@H](OC(C)=O)[C@]5(CC)C=CCN6CC[C@]43[C@@H]65)C2)C1. The third-order valence-electron chi connectivity index (χ3n) is 17.6. The average molecular weight is 971 g/mol. The number of hydrogen-bond acceptors (Lipinski definition) is 14. The van der Waals surface area contributed by atoms with Gasteiger partial charge in [0, 0.05) is 96.5 Å². The first-order valence-electron chi connectivity index (χ1n) is 24.6. The van der Waals surface area contributed by atoms with Gasteiger partial charge in [-0.3, -0.25) is 19.3 Å². The summed E-state index contributed by atoms with van der Waals surface area (Å²) in [5.41, 5.74) is 1.62. The van der Waals surface area contributed by atoms with Gasteiger partial charge in [0.05, 0.1) is 48.6 Å². The van der Waals surface area contributed by atoms with Crippen LogP contribution in [0.4, 0.5) is 5.69 Å². The van der Waals surface area contributed by atoms with E-state index in [0.717, 1.165) is 43.6 Å². The standard InChI is InChI=1S/C54H62N6O9S/c1-8-50(57-44(62)33-15-16-39-42(23-33)70-30-55-39)26-32-27-53(48(63)67-6,43-35(17-21-59(28-32)29-50)34-13-10-11-14-38(34)56-43)37-24-36-40(25-41(37)66-5)58(4)46-52(36)19-22-60-20-12-18-51(9-2,45(52)60)47(69-31(3)61)54(46,65)49(64)68-7/h10-16,18,23-25,30,32,45-47,56,65H,8-9,17,19-22,26-29H2,1-7H3,(H,57,62)/t32-,45+,46-,47-,50+,51-,52-,53+,54+/m1/s1. The molecule has 5 aromatic rings. The van der Waals surface area contributed by atoms with E-state index in [4.69, 9.17) is 18.9 Å². The lowest BCUT2D eigenvalue weighted by Gasteiger charge is -2.63. The summed E-state index contributed by atoms with van der Waals surface area (Å²) in [6, 6.07) is 16.6. The van der Waals surface area contributed by atoms with Gasteiger partial charge in [0.1, 0.15) is 11.2 Å². The molecule has 1 spiro atoms. The number of carbonyl (C=O) groups excluding carboxylic acids is 4. The zero-order valence-electron chi connectivity index (χ0n) is 40.9. The fraction of sp³-hybridized carbons (Fsp3) is 0.500. The fourth-order valence-corrected chi connectivity index (χ4v) is 15.7. The molecule has 1 unspecified atom stereocenters. The predicted octanol–water partition coefficient (Wildman–Crippen LogP) is 6.04. The van der Waals surface area contributed by atoms with E-state index in [1.54, 1.807) is 12.6 Å². The van der Waals surface area contributed by atoms with E-state index in [2.05, 4.69) is 56.3 Å². The Labute approximate surface area is 411 Å². The first kappa shape index (κ1) is 46.6. The highest BCUT2D eigenvalue weighted by Crippen LogP contribution is 2.68. The molecule has 368 valence electrons. The van der Waals surface area contributed by atoms with Crippen LogP contribution in [0, 0.1) is 11.3 Å². The number of benzene rings is 3. The maximum Gasteiger partial charge on any atom is 0.344 e. The Balaban J connectivity index is 1.13. The number of para-hydroxylation sites is 1. The van der Waals surface area contributed by atoms with E-state index >= 15 is 4.79 Å². The molecule has 7 heterocycles. The second kappa shape index (κ2) is 16.6. The van der Waals surface area contributed by atoms with Crippen molar-refractivity contribution >= 4 is 62.0 Å². The highest BCUT2D eigenvalue weighted by Gasteiger charge is 2.80. The number of piperidine rings is 1. The second-order valence-corrected chi connectivity index (χ2v) is 21.6. The summed E-state index contributed by atoms with van der Waals surface area (Å²) in [4.78, 5) is 72.9. The Morgan fingerprint density at radius 3 is 2.50 bits per heavy atom. The minimum absolute atomic E-state index is 0.136. The quantitative estimate of drug-likeness (QED) is 0.0887. The Morgan fingerprint density at radius 2 is 1.76 bits per heavy atom. The van der Waals surface area contributed by atoms with Crippen molar-refractivity contribution < 1.29 is 43.2 Å². The zero-order chi connectivity index (χ0) is 49.1. The van der Waals surface area contributed by atoms with Gasteiger partial charge in [-0.2, -0.15) is 0 Å². The summed E-state index contributed by atoms with van der Waals surface area (Å²) < 4.78 is 25.2. The molecule has 10 atom stereocenters. The van der Waals surface area contributed by atoms with Gasteiger partial charge < -0.3 is 44.2 Å². The van der Waals surface area contributed by atoms with E-state index in [9.17, 15) is 19.5 Å². The lowest BCUT2D eigenvalue weighted by molar-refractivity contribution is -0.228. The number of aromatic amines is 1. The first-order chi connectivity index (χ1) is 33.7. The third kappa shape index (κ3) is 6.30. The normalized spacial score (nSPS) is 33.0. The number of aromatic nitrogens is 2. The van der Waals surface area contributed by atoms with E-state index in [0.29, 0.717) is 88.1 Å². The summed E-state index contributed by atoms with van der Waals surface area (Å²) in [6.45, 7) is 8.72. The van der Waals surface area contributed by atoms with Crippen LogP contribution in [0.15, 0.2) is 72.3 Å². The third-order valence-corrected chi connectivity index (χ3v) is 18.4. The smallest absolute Gasteiger partial charge is 0.344 e. The Morgan fingerprint density at radius 1 is 0.957 bits per heavy atom. The second-order valence-electron chi connectivity index (χ2n) is 20.7. The molecule has 11 rings (SSSR count). The lowest BCUT2D eigenvalue weighted by atomic mass is 9.47. The number of ether oxygens (including phenoxy) is 4. The molecule has 15 nitrogen and oxygen atoms in total. The number of nitrogens with one attached hydrogen (secondary N) is 2. The minimum Gasteiger partial charge on any atom is -0.496 e. The van der Waals surface area contributed by atoms with Crippen LogP contribution in [0.3, 0.4) is 0 Å². The largest absolute Gasteiger partial charge is 0.496 e. The minimum atomic E-state index is -2.33. The number of methoxy groups -OCH3 is 3. The van der Waals surface area contributed by atoms with Crippen molar-refractivity contribution in [1.29, 1.82) is 0 Å². The van der Waals surface area contributed by atoms with Crippen LogP contribution in [0.2, 0.25) is 0 Å². The number of rotatable bonds is 9. The molecule has 3 aromatic carbocycles. The van der Waals surface area contributed by atoms with E-state index in [1.165, 1.54) is 32.5 Å². The number of amides is 1. The fourth-order valence-electron chi connectivity index (χ4n) is 15.0. The van der Waals surface area contributed by atoms with Crippen LogP contribution >= 0.6 is 11.3 Å². The first-order valence-corrected chi connectivity index (χ1v) is 25.5. The number of fused-ring (bicyclic) bond motifs is 7. The topological polar surface area (TPSA) is 176 Å². The van der Waals surface area contributed by atoms with Gasteiger partial charge >= 0.3 is 17.9 Å². The molecule has 70 heavy (non-hydrogen) atoms. The summed E-state index contributed by atoms with van der Waals surface area (Å²) in [6.07, 6.45) is 5.98. The zero-order valence-corrected chi connectivity index (χ0v) is 41.7. The number of hydrogen-bond donors (Lipinski definition) is 3. The molecule has 2 bridgehead atoms. The van der Waals surface area contributed by atoms with Gasteiger partial charge in [-0.25, -0.2) is 9.78 Å². The molecule has 1 saturated carbocycles. The molecule has 6 aliphatic rings. The number of thiazole rings is 1. The number of likely N-dealkylation sites (N-methyl/N-ethyl adjacent to an activating group) is 1. The Hall–Kier alpha value is -5.81. The van der Waals surface area contributed by atoms with Crippen molar-refractivity contribution in [3.8, 4) is 5.75 Å². The van der Waals surface area contributed by atoms with Gasteiger partial charge in [-0.15, -0.1) is 11.3 Å². The molecule has 1 aliphatic carbocycles. The van der Waals surface area contributed by atoms with Crippen molar-refractivity contribution in [2.24, 2.45) is 11.3 Å². The van der Waals surface area contributed by atoms with Gasteiger partial charge in [0.25, 0.3) is 5.91 Å². The van der Waals surface area contributed by atoms with Crippen molar-refractivity contribution in [1.82, 2.24) is 25.1 Å². The molecule has 16 heteroatoms. The molecule has 1 amide bonds. The van der Waals surface area contributed by atoms with Gasteiger partial charge in [-0.1, -0.05) is 44.2 Å². The highest BCUT2D eigenvalue weighted by atomic mass is 32.1. The lowest BCUT2D eigenvalue weighted by Crippen LogP contribution is -2.81. The number of H-pyrrole nitrogens is 1.